The molecule has 0 aliphatic heterocycles. The second-order valence-corrected chi connectivity index (χ2v) is 4.20. The molecule has 0 saturated carbocycles. The van der Waals surface area contributed by atoms with E-state index in [1.54, 1.807) is 25.4 Å². The van der Waals surface area contributed by atoms with Crippen LogP contribution >= 0.6 is 11.6 Å². The van der Waals surface area contributed by atoms with E-state index in [-0.39, 0.29) is 6.04 Å². The van der Waals surface area contributed by atoms with Crippen molar-refractivity contribution < 1.29 is 4.74 Å². The molecule has 1 heterocycles. The van der Waals surface area contributed by atoms with E-state index in [0.717, 1.165) is 11.4 Å². The van der Waals surface area contributed by atoms with Gasteiger partial charge in [-0.3, -0.25) is 0 Å². The van der Waals surface area contributed by atoms with Crippen LogP contribution < -0.4 is 10.5 Å². The molecular formula is C12H14ClN3O. The number of aromatic nitrogens is 2. The van der Waals surface area contributed by atoms with Gasteiger partial charge in [-0.25, -0.2) is 4.98 Å². The summed E-state index contributed by atoms with van der Waals surface area (Å²) in [5.74, 6) is 1.46. The number of methoxy groups -OCH3 is 1. The molecule has 1 unspecified atom stereocenters. The third-order valence-corrected chi connectivity index (χ3v) is 2.90. The van der Waals surface area contributed by atoms with Crippen molar-refractivity contribution in [3.8, 4) is 5.75 Å². The first-order valence-corrected chi connectivity index (χ1v) is 5.57. The van der Waals surface area contributed by atoms with E-state index in [1.807, 2.05) is 23.9 Å². The third kappa shape index (κ3) is 2.28. The summed E-state index contributed by atoms with van der Waals surface area (Å²) < 4.78 is 7.17. The zero-order valence-corrected chi connectivity index (χ0v) is 10.5. The summed E-state index contributed by atoms with van der Waals surface area (Å²) in [5, 5.41) is 0.623. The predicted octanol–water partition coefficient (Wildman–Crippen LogP) is 2.13. The zero-order chi connectivity index (χ0) is 12.4. The Balaban J connectivity index is 2.44. The van der Waals surface area contributed by atoms with Crippen LogP contribution in [0.15, 0.2) is 30.6 Å². The second kappa shape index (κ2) is 4.77. The molecule has 17 heavy (non-hydrogen) atoms. The van der Waals surface area contributed by atoms with Crippen molar-refractivity contribution in [1.29, 1.82) is 0 Å². The van der Waals surface area contributed by atoms with Crippen molar-refractivity contribution in [3.63, 3.8) is 0 Å². The summed E-state index contributed by atoms with van der Waals surface area (Å²) in [6, 6.07) is 5.07. The van der Waals surface area contributed by atoms with Crippen LogP contribution in [0, 0.1) is 0 Å². The molecule has 5 heteroatoms. The van der Waals surface area contributed by atoms with E-state index in [4.69, 9.17) is 22.1 Å². The fraction of sp³-hybridized carbons (Fsp3) is 0.250. The molecule has 0 bridgehead atoms. The van der Waals surface area contributed by atoms with Crippen LogP contribution in [-0.4, -0.2) is 16.7 Å². The van der Waals surface area contributed by atoms with E-state index in [9.17, 15) is 0 Å². The molecule has 0 aliphatic rings. The molecule has 1 aromatic heterocycles. The minimum absolute atomic E-state index is 0.331. The van der Waals surface area contributed by atoms with Gasteiger partial charge in [0, 0.05) is 30.0 Å². The summed E-state index contributed by atoms with van der Waals surface area (Å²) in [4.78, 5) is 4.24. The highest BCUT2D eigenvalue weighted by molar-refractivity contribution is 6.30. The standard InChI is InChI=1S/C12H14ClN3O/c1-16-6-5-15-12(16)11(14)9-4-3-8(13)7-10(9)17-2/h3-7,11H,14H2,1-2H3. The van der Waals surface area contributed by atoms with E-state index in [1.165, 1.54) is 0 Å². The Morgan fingerprint density at radius 1 is 1.47 bits per heavy atom. The van der Waals surface area contributed by atoms with Crippen LogP contribution in [0.2, 0.25) is 5.02 Å². The molecule has 0 amide bonds. The number of benzene rings is 1. The number of nitrogens with zero attached hydrogens (tertiary/aromatic N) is 2. The number of ether oxygens (including phenoxy) is 1. The highest BCUT2D eigenvalue weighted by Gasteiger charge is 2.17. The molecule has 2 N–H and O–H groups in total. The van der Waals surface area contributed by atoms with Gasteiger partial charge in [-0.15, -0.1) is 0 Å². The Labute approximate surface area is 105 Å². The van der Waals surface area contributed by atoms with Crippen LogP contribution in [-0.2, 0) is 7.05 Å². The number of halogens is 1. The van der Waals surface area contributed by atoms with E-state index >= 15 is 0 Å². The maximum absolute atomic E-state index is 6.18. The number of hydrogen-bond acceptors (Lipinski definition) is 3. The minimum atomic E-state index is -0.331. The molecule has 2 aromatic rings. The number of hydrogen-bond donors (Lipinski definition) is 1. The largest absolute Gasteiger partial charge is 0.496 e. The van der Waals surface area contributed by atoms with Crippen LogP contribution in [0.4, 0.5) is 0 Å². The smallest absolute Gasteiger partial charge is 0.130 e. The van der Waals surface area contributed by atoms with E-state index < -0.39 is 0 Å². The summed E-state index contributed by atoms with van der Waals surface area (Å²) in [6.45, 7) is 0. The molecule has 0 spiro atoms. The molecule has 1 aromatic carbocycles. The van der Waals surface area contributed by atoms with Crippen LogP contribution in [0.3, 0.4) is 0 Å². The third-order valence-electron chi connectivity index (χ3n) is 2.67. The van der Waals surface area contributed by atoms with Gasteiger partial charge in [0.15, 0.2) is 0 Å². The van der Waals surface area contributed by atoms with Gasteiger partial charge in [0.1, 0.15) is 11.6 Å². The van der Waals surface area contributed by atoms with Crippen molar-refractivity contribution in [2.75, 3.05) is 7.11 Å². The Kier molecular flexibility index (Phi) is 3.36. The number of imidazole rings is 1. The van der Waals surface area contributed by atoms with Gasteiger partial charge in [0.05, 0.1) is 13.2 Å². The Bertz CT molecular complexity index is 524. The fourth-order valence-electron chi connectivity index (χ4n) is 1.76. The minimum Gasteiger partial charge on any atom is -0.496 e. The second-order valence-electron chi connectivity index (χ2n) is 3.76. The summed E-state index contributed by atoms with van der Waals surface area (Å²) in [5.41, 5.74) is 7.05. The number of aryl methyl sites for hydroxylation is 1. The van der Waals surface area contributed by atoms with Crippen molar-refractivity contribution in [3.05, 3.63) is 47.0 Å². The lowest BCUT2D eigenvalue weighted by Crippen LogP contribution is -2.17. The van der Waals surface area contributed by atoms with Crippen LogP contribution in [0.25, 0.3) is 0 Å². The van der Waals surface area contributed by atoms with E-state index in [0.29, 0.717) is 10.8 Å². The molecule has 0 fully saturated rings. The van der Waals surface area contributed by atoms with Gasteiger partial charge in [-0.1, -0.05) is 17.7 Å². The van der Waals surface area contributed by atoms with Crippen molar-refractivity contribution in [2.24, 2.45) is 12.8 Å². The molecule has 2 rings (SSSR count). The van der Waals surface area contributed by atoms with E-state index in [2.05, 4.69) is 4.98 Å². The molecule has 1 atom stereocenters. The first-order valence-electron chi connectivity index (χ1n) is 5.19. The Morgan fingerprint density at radius 3 is 2.82 bits per heavy atom. The summed E-state index contributed by atoms with van der Waals surface area (Å²) >= 11 is 5.91. The van der Waals surface area contributed by atoms with Gasteiger partial charge in [0.25, 0.3) is 0 Å². The Hall–Kier alpha value is -1.52. The van der Waals surface area contributed by atoms with Gasteiger partial charge in [-0.05, 0) is 12.1 Å². The highest BCUT2D eigenvalue weighted by Crippen LogP contribution is 2.29. The lowest BCUT2D eigenvalue weighted by Gasteiger charge is -2.15. The van der Waals surface area contributed by atoms with Gasteiger partial charge >= 0.3 is 0 Å². The fourth-order valence-corrected chi connectivity index (χ4v) is 1.92. The average molecular weight is 252 g/mol. The quantitative estimate of drug-likeness (QED) is 0.909. The maximum Gasteiger partial charge on any atom is 0.130 e. The lowest BCUT2D eigenvalue weighted by molar-refractivity contribution is 0.407. The Morgan fingerprint density at radius 2 is 2.24 bits per heavy atom. The summed E-state index contributed by atoms with van der Waals surface area (Å²) in [6.07, 6.45) is 3.58. The average Bonchev–Trinajstić information content (AvgIpc) is 2.74. The first kappa shape index (κ1) is 12.0. The maximum atomic E-state index is 6.18. The monoisotopic (exact) mass is 251 g/mol. The number of rotatable bonds is 3. The van der Waals surface area contributed by atoms with Gasteiger partial charge in [0.2, 0.25) is 0 Å². The predicted molar refractivity (Wildman–Crippen MR) is 67.2 cm³/mol. The van der Waals surface area contributed by atoms with Crippen molar-refractivity contribution >= 4 is 11.6 Å². The van der Waals surface area contributed by atoms with Crippen LogP contribution in [0.1, 0.15) is 17.4 Å². The van der Waals surface area contributed by atoms with Crippen molar-refractivity contribution in [2.45, 2.75) is 6.04 Å². The van der Waals surface area contributed by atoms with Gasteiger partial charge < -0.3 is 15.0 Å². The molecule has 0 radical (unpaired) electrons. The molecule has 4 nitrogen and oxygen atoms in total. The molecule has 0 aliphatic carbocycles. The molecule has 90 valence electrons. The summed E-state index contributed by atoms with van der Waals surface area (Å²) in [7, 11) is 3.50. The van der Waals surface area contributed by atoms with Crippen molar-refractivity contribution in [1.82, 2.24) is 9.55 Å². The lowest BCUT2D eigenvalue weighted by atomic mass is 10.1. The first-order chi connectivity index (χ1) is 8.13. The molecular weight excluding hydrogens is 238 g/mol. The number of nitrogens with two attached hydrogens (primary N) is 1. The topological polar surface area (TPSA) is 53.1 Å². The molecule has 0 saturated heterocycles. The normalized spacial score (nSPS) is 12.5. The SMILES string of the molecule is COc1cc(Cl)ccc1C(N)c1nccn1C. The van der Waals surface area contributed by atoms with Gasteiger partial charge in [-0.2, -0.15) is 0 Å². The highest BCUT2D eigenvalue weighted by atomic mass is 35.5. The zero-order valence-electron chi connectivity index (χ0n) is 9.72. The van der Waals surface area contributed by atoms with Crippen LogP contribution in [0.5, 0.6) is 5.75 Å².